The third-order valence-electron chi connectivity index (χ3n) is 5.96. The smallest absolute Gasteiger partial charge is 0.220 e. The highest BCUT2D eigenvalue weighted by atomic mass is 127. The molecule has 158 valence electrons. The van der Waals surface area contributed by atoms with Gasteiger partial charge >= 0.3 is 0 Å². The van der Waals surface area contributed by atoms with Crippen molar-refractivity contribution in [3.63, 3.8) is 0 Å². The number of halogens is 1. The van der Waals surface area contributed by atoms with Crippen LogP contribution in [0.4, 0.5) is 0 Å². The Morgan fingerprint density at radius 3 is 2.22 bits per heavy atom. The summed E-state index contributed by atoms with van der Waals surface area (Å²) >= 11 is 0. The summed E-state index contributed by atoms with van der Waals surface area (Å²) in [6, 6.07) is 0. The molecule has 0 atom stereocenters. The van der Waals surface area contributed by atoms with Crippen molar-refractivity contribution in [2.24, 2.45) is 16.8 Å². The van der Waals surface area contributed by atoms with Crippen LogP contribution in [0.3, 0.4) is 0 Å². The van der Waals surface area contributed by atoms with Crippen molar-refractivity contribution in [2.45, 2.75) is 52.4 Å². The highest BCUT2D eigenvalue weighted by molar-refractivity contribution is 14.0. The molecule has 7 heteroatoms. The second-order valence-electron chi connectivity index (χ2n) is 7.71. The van der Waals surface area contributed by atoms with E-state index < -0.39 is 0 Å². The number of amides is 1. The molecule has 2 fully saturated rings. The molecular formula is C20H40IN5O. The molecular weight excluding hydrogens is 453 g/mol. The molecule has 2 aliphatic rings. The van der Waals surface area contributed by atoms with Gasteiger partial charge in [0.2, 0.25) is 5.91 Å². The van der Waals surface area contributed by atoms with Crippen LogP contribution in [0.15, 0.2) is 4.99 Å². The van der Waals surface area contributed by atoms with Crippen LogP contribution in [0.5, 0.6) is 0 Å². The summed E-state index contributed by atoms with van der Waals surface area (Å²) in [5.74, 6) is 2.58. The molecule has 2 heterocycles. The van der Waals surface area contributed by atoms with Gasteiger partial charge in [0.25, 0.3) is 0 Å². The van der Waals surface area contributed by atoms with Gasteiger partial charge in [-0.3, -0.25) is 9.79 Å². The number of nitrogens with one attached hydrogen (secondary N) is 2. The highest BCUT2D eigenvalue weighted by Gasteiger charge is 2.23. The minimum atomic E-state index is 0. The van der Waals surface area contributed by atoms with Crippen molar-refractivity contribution in [1.82, 2.24) is 20.4 Å². The highest BCUT2D eigenvalue weighted by Crippen LogP contribution is 2.22. The number of likely N-dealkylation sites (tertiary alicyclic amines) is 2. The zero-order chi connectivity index (χ0) is 18.8. The summed E-state index contributed by atoms with van der Waals surface area (Å²) in [5, 5.41) is 6.20. The molecule has 0 saturated carbocycles. The summed E-state index contributed by atoms with van der Waals surface area (Å²) in [6.07, 6.45) is 6.67. The summed E-state index contributed by atoms with van der Waals surface area (Å²) in [5.41, 5.74) is 0. The number of carbonyl (C=O) groups is 1. The van der Waals surface area contributed by atoms with Crippen molar-refractivity contribution < 1.29 is 4.79 Å². The molecule has 0 aromatic heterocycles. The van der Waals surface area contributed by atoms with E-state index in [1.165, 1.54) is 38.9 Å². The monoisotopic (exact) mass is 493 g/mol. The molecule has 2 saturated heterocycles. The Kier molecular flexibility index (Phi) is 12.3. The minimum absolute atomic E-state index is 0. The summed E-state index contributed by atoms with van der Waals surface area (Å²) in [6.45, 7) is 11.9. The van der Waals surface area contributed by atoms with E-state index in [1.807, 2.05) is 0 Å². The van der Waals surface area contributed by atoms with Gasteiger partial charge in [0.05, 0.1) is 0 Å². The average Bonchev–Trinajstić information content (AvgIpc) is 2.68. The zero-order valence-corrected chi connectivity index (χ0v) is 19.8. The zero-order valence-electron chi connectivity index (χ0n) is 17.5. The first-order valence-corrected chi connectivity index (χ1v) is 10.6. The summed E-state index contributed by atoms with van der Waals surface area (Å²) in [7, 11) is 1.72. The Bertz CT molecular complexity index is 444. The predicted molar refractivity (Wildman–Crippen MR) is 124 cm³/mol. The number of guanidine groups is 1. The Labute approximate surface area is 182 Å². The van der Waals surface area contributed by atoms with E-state index in [-0.39, 0.29) is 29.9 Å². The standard InChI is InChI=1S/C20H39N5O.HI/c1-4-22-20(23-11-6-17-7-12-24(5-2)13-8-17)25-14-9-18(10-15-25)16-19(26)21-3;/h17-18H,4-16H2,1-3H3,(H,21,26)(H,22,23);1H. The van der Waals surface area contributed by atoms with Gasteiger partial charge in [0, 0.05) is 39.6 Å². The fourth-order valence-corrected chi connectivity index (χ4v) is 4.08. The Balaban J connectivity index is 0.00000364. The van der Waals surface area contributed by atoms with E-state index in [1.54, 1.807) is 7.05 Å². The normalized spacial score (nSPS) is 20.3. The molecule has 0 aromatic rings. The van der Waals surface area contributed by atoms with Gasteiger partial charge in [0.15, 0.2) is 5.96 Å². The number of rotatable bonds is 7. The second kappa shape index (κ2) is 13.6. The van der Waals surface area contributed by atoms with Crippen LogP contribution >= 0.6 is 24.0 Å². The minimum Gasteiger partial charge on any atom is -0.359 e. The third kappa shape index (κ3) is 8.54. The van der Waals surface area contributed by atoms with Gasteiger partial charge in [-0.1, -0.05) is 6.92 Å². The molecule has 0 bridgehead atoms. The van der Waals surface area contributed by atoms with Crippen molar-refractivity contribution in [3.05, 3.63) is 0 Å². The number of hydrogen-bond donors (Lipinski definition) is 2. The SMILES string of the molecule is CCNC(=NCCC1CCN(CC)CC1)N1CCC(CC(=O)NC)CC1.I. The van der Waals surface area contributed by atoms with Gasteiger partial charge < -0.3 is 20.4 Å². The van der Waals surface area contributed by atoms with Crippen molar-refractivity contribution in [1.29, 1.82) is 0 Å². The van der Waals surface area contributed by atoms with Crippen LogP contribution in [-0.4, -0.2) is 74.5 Å². The van der Waals surface area contributed by atoms with Crippen molar-refractivity contribution in [2.75, 3.05) is 52.9 Å². The third-order valence-corrected chi connectivity index (χ3v) is 5.96. The van der Waals surface area contributed by atoms with Crippen LogP contribution in [0.25, 0.3) is 0 Å². The number of piperidine rings is 2. The lowest BCUT2D eigenvalue weighted by molar-refractivity contribution is -0.121. The van der Waals surface area contributed by atoms with E-state index in [0.29, 0.717) is 12.3 Å². The fourth-order valence-electron chi connectivity index (χ4n) is 4.08. The number of carbonyl (C=O) groups excluding carboxylic acids is 1. The molecule has 1 amide bonds. The largest absolute Gasteiger partial charge is 0.359 e. The lowest BCUT2D eigenvalue weighted by Crippen LogP contribution is -2.46. The van der Waals surface area contributed by atoms with Crippen LogP contribution in [-0.2, 0) is 4.79 Å². The molecule has 6 nitrogen and oxygen atoms in total. The molecule has 27 heavy (non-hydrogen) atoms. The summed E-state index contributed by atoms with van der Waals surface area (Å²) in [4.78, 5) is 21.4. The van der Waals surface area contributed by atoms with E-state index in [2.05, 4.69) is 34.3 Å². The topological polar surface area (TPSA) is 60.0 Å². The quantitative estimate of drug-likeness (QED) is 0.325. The molecule has 0 aromatic carbocycles. The Hall–Kier alpha value is -0.570. The van der Waals surface area contributed by atoms with Crippen molar-refractivity contribution >= 4 is 35.8 Å². The van der Waals surface area contributed by atoms with Crippen LogP contribution < -0.4 is 10.6 Å². The Morgan fingerprint density at radius 2 is 1.67 bits per heavy atom. The molecule has 0 spiro atoms. The average molecular weight is 493 g/mol. The first kappa shape index (κ1) is 24.5. The molecule has 0 radical (unpaired) electrons. The van der Waals surface area contributed by atoms with E-state index in [0.717, 1.165) is 50.9 Å². The molecule has 2 N–H and O–H groups in total. The lowest BCUT2D eigenvalue weighted by Gasteiger charge is -2.34. The first-order valence-electron chi connectivity index (χ1n) is 10.6. The Morgan fingerprint density at radius 1 is 1.04 bits per heavy atom. The van der Waals surface area contributed by atoms with Crippen molar-refractivity contribution in [3.8, 4) is 0 Å². The molecule has 0 unspecified atom stereocenters. The van der Waals surface area contributed by atoms with Crippen LogP contribution in [0.1, 0.15) is 52.4 Å². The number of nitrogens with zero attached hydrogens (tertiary/aromatic N) is 3. The second-order valence-corrected chi connectivity index (χ2v) is 7.71. The number of aliphatic imine (C=N–C) groups is 1. The van der Waals surface area contributed by atoms with Gasteiger partial charge in [-0.05, 0) is 70.5 Å². The molecule has 0 aliphatic carbocycles. The van der Waals surface area contributed by atoms with Crippen LogP contribution in [0.2, 0.25) is 0 Å². The molecule has 2 rings (SSSR count). The van der Waals surface area contributed by atoms with Gasteiger partial charge in [-0.15, -0.1) is 24.0 Å². The maximum atomic E-state index is 11.6. The van der Waals surface area contributed by atoms with E-state index in [9.17, 15) is 4.79 Å². The summed E-state index contributed by atoms with van der Waals surface area (Å²) < 4.78 is 0. The predicted octanol–water partition coefficient (Wildman–Crippen LogP) is 2.54. The first-order chi connectivity index (χ1) is 12.7. The maximum absolute atomic E-state index is 11.6. The molecule has 2 aliphatic heterocycles. The van der Waals surface area contributed by atoms with E-state index >= 15 is 0 Å². The van der Waals surface area contributed by atoms with Gasteiger partial charge in [-0.2, -0.15) is 0 Å². The van der Waals surface area contributed by atoms with Crippen LogP contribution in [0, 0.1) is 11.8 Å². The maximum Gasteiger partial charge on any atom is 0.220 e. The van der Waals surface area contributed by atoms with Gasteiger partial charge in [-0.25, -0.2) is 0 Å². The lowest BCUT2D eigenvalue weighted by atomic mass is 9.93. The van der Waals surface area contributed by atoms with Gasteiger partial charge in [0.1, 0.15) is 0 Å². The number of hydrogen-bond acceptors (Lipinski definition) is 3. The van der Waals surface area contributed by atoms with E-state index in [4.69, 9.17) is 4.99 Å². The fraction of sp³-hybridized carbons (Fsp3) is 0.900.